The summed E-state index contributed by atoms with van der Waals surface area (Å²) in [4.78, 5) is 17.7. The zero-order valence-electron chi connectivity index (χ0n) is 11.7. The van der Waals surface area contributed by atoms with E-state index in [-0.39, 0.29) is 12.5 Å². The van der Waals surface area contributed by atoms with Crippen LogP contribution in [-0.4, -0.2) is 27.7 Å². The molecule has 0 aromatic carbocycles. The summed E-state index contributed by atoms with van der Waals surface area (Å²) >= 11 is 0. The van der Waals surface area contributed by atoms with Gasteiger partial charge >= 0.3 is 0 Å². The number of anilines is 1. The second kappa shape index (κ2) is 5.53. The predicted octanol–water partition coefficient (Wildman–Crippen LogP) is 1.43. The van der Waals surface area contributed by atoms with Crippen molar-refractivity contribution in [2.24, 2.45) is 0 Å². The van der Waals surface area contributed by atoms with Gasteiger partial charge in [0.15, 0.2) is 5.82 Å². The summed E-state index contributed by atoms with van der Waals surface area (Å²) in [5, 5.41) is 13.3. The SMILES string of the molecule is Cc1cc(C)n(CC(=O)N(C)c2ncccc2C#N)n1. The van der Waals surface area contributed by atoms with Crippen LogP contribution >= 0.6 is 0 Å². The van der Waals surface area contributed by atoms with Crippen LogP contribution in [0, 0.1) is 25.2 Å². The van der Waals surface area contributed by atoms with Gasteiger partial charge in [0.1, 0.15) is 12.6 Å². The number of hydrogen-bond donors (Lipinski definition) is 0. The molecule has 0 unspecified atom stereocenters. The standard InChI is InChI=1S/C14H15N5O/c1-10-7-11(2)19(17-10)9-13(20)18(3)14-12(8-15)5-4-6-16-14/h4-7H,9H2,1-3H3. The molecule has 0 N–H and O–H groups in total. The van der Waals surface area contributed by atoms with Crippen LogP contribution in [0.3, 0.4) is 0 Å². The predicted molar refractivity (Wildman–Crippen MR) is 74.1 cm³/mol. The first-order valence-corrected chi connectivity index (χ1v) is 6.15. The first kappa shape index (κ1) is 13.7. The topological polar surface area (TPSA) is 74.8 Å². The molecule has 6 heteroatoms. The summed E-state index contributed by atoms with van der Waals surface area (Å²) < 4.78 is 1.64. The van der Waals surface area contributed by atoms with Crippen molar-refractivity contribution < 1.29 is 4.79 Å². The van der Waals surface area contributed by atoms with Gasteiger partial charge in [-0.1, -0.05) is 0 Å². The molecule has 0 aliphatic rings. The van der Waals surface area contributed by atoms with E-state index in [1.807, 2.05) is 26.0 Å². The first-order chi connectivity index (χ1) is 9.52. The van der Waals surface area contributed by atoms with E-state index in [1.165, 1.54) is 4.90 Å². The van der Waals surface area contributed by atoms with Crippen LogP contribution in [-0.2, 0) is 11.3 Å². The third kappa shape index (κ3) is 2.67. The van der Waals surface area contributed by atoms with E-state index in [2.05, 4.69) is 10.1 Å². The number of nitriles is 1. The molecule has 0 bridgehead atoms. The number of rotatable bonds is 3. The first-order valence-electron chi connectivity index (χ1n) is 6.15. The van der Waals surface area contributed by atoms with Gasteiger partial charge in [-0.2, -0.15) is 10.4 Å². The molecule has 2 rings (SSSR count). The molecule has 20 heavy (non-hydrogen) atoms. The fraction of sp³-hybridized carbons (Fsp3) is 0.286. The van der Waals surface area contributed by atoms with Crippen molar-refractivity contribution >= 4 is 11.7 Å². The maximum atomic E-state index is 12.3. The van der Waals surface area contributed by atoms with E-state index in [9.17, 15) is 4.79 Å². The number of aromatic nitrogens is 3. The van der Waals surface area contributed by atoms with Gasteiger partial charge in [-0.15, -0.1) is 0 Å². The van der Waals surface area contributed by atoms with E-state index in [0.29, 0.717) is 11.4 Å². The summed E-state index contributed by atoms with van der Waals surface area (Å²) in [5.74, 6) is 0.188. The van der Waals surface area contributed by atoms with Gasteiger partial charge in [-0.05, 0) is 32.0 Å². The van der Waals surface area contributed by atoms with E-state index >= 15 is 0 Å². The second-order valence-electron chi connectivity index (χ2n) is 4.52. The lowest BCUT2D eigenvalue weighted by Crippen LogP contribution is -2.32. The number of hydrogen-bond acceptors (Lipinski definition) is 4. The summed E-state index contributed by atoms with van der Waals surface area (Å²) in [6.07, 6.45) is 1.56. The van der Waals surface area contributed by atoms with Gasteiger partial charge in [0.05, 0.1) is 11.3 Å². The Balaban J connectivity index is 2.21. The third-order valence-electron chi connectivity index (χ3n) is 2.99. The van der Waals surface area contributed by atoms with Crippen LogP contribution in [0.15, 0.2) is 24.4 Å². The Morgan fingerprint density at radius 1 is 1.50 bits per heavy atom. The van der Waals surface area contributed by atoms with Gasteiger partial charge < -0.3 is 0 Å². The van der Waals surface area contributed by atoms with Crippen LogP contribution in [0.5, 0.6) is 0 Å². The molecule has 2 aromatic heterocycles. The Hall–Kier alpha value is -2.68. The van der Waals surface area contributed by atoms with E-state index < -0.39 is 0 Å². The van der Waals surface area contributed by atoms with Crippen LogP contribution in [0.2, 0.25) is 0 Å². The number of nitrogens with zero attached hydrogens (tertiary/aromatic N) is 5. The molecular weight excluding hydrogens is 254 g/mol. The minimum Gasteiger partial charge on any atom is -0.297 e. The second-order valence-corrected chi connectivity index (χ2v) is 4.52. The van der Waals surface area contributed by atoms with Crippen LogP contribution < -0.4 is 4.90 Å². The molecule has 2 heterocycles. The summed E-state index contributed by atoms with van der Waals surface area (Å²) in [5.41, 5.74) is 2.16. The quantitative estimate of drug-likeness (QED) is 0.844. The van der Waals surface area contributed by atoms with Crippen LogP contribution in [0.25, 0.3) is 0 Å². The highest BCUT2D eigenvalue weighted by Crippen LogP contribution is 2.15. The Labute approximate surface area is 117 Å². The van der Waals surface area contributed by atoms with E-state index in [1.54, 1.807) is 30.1 Å². The lowest BCUT2D eigenvalue weighted by atomic mass is 10.2. The smallest absolute Gasteiger partial charge is 0.249 e. The largest absolute Gasteiger partial charge is 0.297 e. The van der Waals surface area contributed by atoms with E-state index in [0.717, 1.165) is 11.4 Å². The lowest BCUT2D eigenvalue weighted by molar-refractivity contribution is -0.119. The number of carbonyl (C=O) groups is 1. The summed E-state index contributed by atoms with van der Waals surface area (Å²) in [6.45, 7) is 3.90. The minimum absolute atomic E-state index is 0.123. The fourth-order valence-electron chi connectivity index (χ4n) is 1.94. The molecule has 0 saturated heterocycles. The molecule has 0 atom stereocenters. The maximum absolute atomic E-state index is 12.3. The van der Waals surface area contributed by atoms with Crippen molar-refractivity contribution in [1.82, 2.24) is 14.8 Å². The van der Waals surface area contributed by atoms with Crippen molar-refractivity contribution in [1.29, 1.82) is 5.26 Å². The van der Waals surface area contributed by atoms with Gasteiger partial charge in [0.25, 0.3) is 0 Å². The molecule has 0 saturated carbocycles. The molecule has 6 nitrogen and oxygen atoms in total. The zero-order chi connectivity index (χ0) is 14.7. The number of amides is 1. The highest BCUT2D eigenvalue weighted by molar-refractivity contribution is 5.92. The highest BCUT2D eigenvalue weighted by Gasteiger charge is 2.17. The maximum Gasteiger partial charge on any atom is 0.249 e. The number of carbonyl (C=O) groups excluding carboxylic acids is 1. The molecule has 0 fully saturated rings. The molecule has 1 amide bonds. The zero-order valence-corrected chi connectivity index (χ0v) is 11.7. The van der Waals surface area contributed by atoms with Crippen molar-refractivity contribution in [2.45, 2.75) is 20.4 Å². The Morgan fingerprint density at radius 3 is 2.85 bits per heavy atom. The van der Waals surface area contributed by atoms with Crippen LogP contribution in [0.1, 0.15) is 17.0 Å². The van der Waals surface area contributed by atoms with Crippen molar-refractivity contribution in [2.75, 3.05) is 11.9 Å². The molecule has 102 valence electrons. The van der Waals surface area contributed by atoms with Gasteiger partial charge in [0, 0.05) is 18.9 Å². The Kier molecular flexibility index (Phi) is 3.80. The normalized spacial score (nSPS) is 10.1. The van der Waals surface area contributed by atoms with Crippen molar-refractivity contribution in [3.8, 4) is 6.07 Å². The molecular formula is C14H15N5O. The number of likely N-dealkylation sites (N-methyl/N-ethyl adjacent to an activating group) is 1. The average molecular weight is 269 g/mol. The Bertz CT molecular complexity index is 683. The van der Waals surface area contributed by atoms with Gasteiger partial charge in [-0.3, -0.25) is 14.4 Å². The number of pyridine rings is 1. The third-order valence-corrected chi connectivity index (χ3v) is 2.99. The van der Waals surface area contributed by atoms with Crippen LogP contribution in [0.4, 0.5) is 5.82 Å². The van der Waals surface area contributed by atoms with Crippen molar-refractivity contribution in [3.63, 3.8) is 0 Å². The fourth-order valence-corrected chi connectivity index (χ4v) is 1.94. The highest BCUT2D eigenvalue weighted by atomic mass is 16.2. The van der Waals surface area contributed by atoms with Gasteiger partial charge in [-0.25, -0.2) is 4.98 Å². The molecule has 0 radical (unpaired) electrons. The summed E-state index contributed by atoms with van der Waals surface area (Å²) in [7, 11) is 1.61. The molecule has 0 aliphatic carbocycles. The average Bonchev–Trinajstić information content (AvgIpc) is 2.75. The lowest BCUT2D eigenvalue weighted by Gasteiger charge is -2.17. The molecule has 0 spiro atoms. The van der Waals surface area contributed by atoms with Gasteiger partial charge in [0.2, 0.25) is 5.91 Å². The summed E-state index contributed by atoms with van der Waals surface area (Å²) in [6, 6.07) is 7.25. The molecule has 0 aliphatic heterocycles. The monoisotopic (exact) mass is 269 g/mol. The number of aryl methyl sites for hydroxylation is 2. The van der Waals surface area contributed by atoms with E-state index in [4.69, 9.17) is 5.26 Å². The Morgan fingerprint density at radius 2 is 2.25 bits per heavy atom. The minimum atomic E-state index is -0.175. The van der Waals surface area contributed by atoms with Crippen molar-refractivity contribution in [3.05, 3.63) is 41.3 Å². The molecule has 2 aromatic rings.